The molecule has 1 aromatic rings. The molecular weight excluding hydrogens is 184 g/mol. The van der Waals surface area contributed by atoms with Crippen molar-refractivity contribution in [1.29, 1.82) is 0 Å². The zero-order valence-electron chi connectivity index (χ0n) is 8.92. The summed E-state index contributed by atoms with van der Waals surface area (Å²) in [4.78, 5) is 0. The first kappa shape index (κ1) is 10.3. The molecule has 0 saturated heterocycles. The molecule has 78 valence electrons. The van der Waals surface area contributed by atoms with E-state index in [2.05, 4.69) is 30.0 Å². The molecule has 0 atom stereocenters. The minimum Gasteiger partial charge on any atom is -0.396 e. The number of hydrogen-bond acceptors (Lipinski definition) is 1. The minimum absolute atomic E-state index is 0.235. The molecule has 0 spiro atoms. The van der Waals surface area contributed by atoms with Gasteiger partial charge in [0, 0.05) is 18.6 Å². The normalized spacial score (nSPS) is 13.1. The molecule has 2 rings (SSSR count). The van der Waals surface area contributed by atoms with Crippen LogP contribution < -0.4 is 0 Å². The van der Waals surface area contributed by atoms with Gasteiger partial charge in [0.25, 0.3) is 0 Å². The molecule has 0 aromatic heterocycles. The highest BCUT2D eigenvalue weighted by molar-refractivity contribution is 5.42. The number of fused-ring (bicyclic) bond motifs is 1. The molecule has 1 heteroatoms. The highest BCUT2D eigenvalue weighted by atomic mass is 16.2. The third kappa shape index (κ3) is 2.61. The van der Waals surface area contributed by atoms with Crippen LogP contribution in [0.1, 0.15) is 36.0 Å². The topological polar surface area (TPSA) is 20.2 Å². The van der Waals surface area contributed by atoms with Crippen LogP contribution in [0, 0.1) is 11.8 Å². The van der Waals surface area contributed by atoms with Gasteiger partial charge in [-0.15, -0.1) is 0 Å². The summed E-state index contributed by atoms with van der Waals surface area (Å²) in [7, 11) is 0. The number of aliphatic hydroxyl groups excluding tert-OH is 1. The molecule has 0 amide bonds. The highest BCUT2D eigenvalue weighted by Crippen LogP contribution is 2.22. The van der Waals surface area contributed by atoms with Crippen molar-refractivity contribution < 1.29 is 5.11 Å². The van der Waals surface area contributed by atoms with Crippen LogP contribution in [0.4, 0.5) is 0 Å². The first-order chi connectivity index (χ1) is 7.40. The number of unbranched alkanes of at least 4 members (excludes halogenated alkanes) is 1. The number of aliphatic hydroxyl groups is 1. The van der Waals surface area contributed by atoms with Crippen LogP contribution in [0.5, 0.6) is 0 Å². The van der Waals surface area contributed by atoms with Crippen molar-refractivity contribution in [1.82, 2.24) is 0 Å². The van der Waals surface area contributed by atoms with Crippen molar-refractivity contribution in [3.8, 4) is 11.8 Å². The van der Waals surface area contributed by atoms with Crippen LogP contribution in [0.25, 0.3) is 0 Å². The van der Waals surface area contributed by atoms with Gasteiger partial charge in [0.15, 0.2) is 0 Å². The van der Waals surface area contributed by atoms with Crippen LogP contribution >= 0.6 is 0 Å². The predicted octanol–water partition coefficient (Wildman–Crippen LogP) is 2.30. The van der Waals surface area contributed by atoms with Gasteiger partial charge in [-0.3, -0.25) is 0 Å². The Morgan fingerprint density at radius 2 is 2.07 bits per heavy atom. The monoisotopic (exact) mass is 200 g/mol. The van der Waals surface area contributed by atoms with Crippen molar-refractivity contribution >= 4 is 0 Å². The largest absolute Gasteiger partial charge is 0.396 e. The Kier molecular flexibility index (Phi) is 3.42. The van der Waals surface area contributed by atoms with Gasteiger partial charge in [-0.25, -0.2) is 0 Å². The van der Waals surface area contributed by atoms with E-state index < -0.39 is 0 Å². The Labute approximate surface area is 91.1 Å². The number of aryl methyl sites for hydroxylation is 2. The van der Waals surface area contributed by atoms with Crippen molar-refractivity contribution in [2.75, 3.05) is 6.61 Å². The standard InChI is InChI=1S/C14H16O/c15-10-3-1-2-5-12-8-9-13-6-4-7-14(13)11-12/h8-9,11,15H,1,3-4,6-7,10H2. The summed E-state index contributed by atoms with van der Waals surface area (Å²) in [5.41, 5.74) is 4.09. The predicted molar refractivity (Wildman–Crippen MR) is 61.7 cm³/mol. The van der Waals surface area contributed by atoms with Crippen LogP contribution in [0.3, 0.4) is 0 Å². The lowest BCUT2D eigenvalue weighted by atomic mass is 10.1. The van der Waals surface area contributed by atoms with Crippen molar-refractivity contribution in [2.45, 2.75) is 32.1 Å². The smallest absolute Gasteiger partial charge is 0.0440 e. The molecule has 1 aliphatic carbocycles. The molecule has 0 radical (unpaired) electrons. The Bertz CT molecular complexity index is 396. The van der Waals surface area contributed by atoms with Gasteiger partial charge >= 0.3 is 0 Å². The van der Waals surface area contributed by atoms with E-state index in [9.17, 15) is 0 Å². The highest BCUT2D eigenvalue weighted by Gasteiger charge is 2.09. The van der Waals surface area contributed by atoms with Gasteiger partial charge in [0.1, 0.15) is 0 Å². The number of rotatable bonds is 2. The van der Waals surface area contributed by atoms with Gasteiger partial charge in [-0.05, 0) is 48.9 Å². The first-order valence-corrected chi connectivity index (χ1v) is 5.61. The molecule has 1 N–H and O–H groups in total. The summed E-state index contributed by atoms with van der Waals surface area (Å²) >= 11 is 0. The summed E-state index contributed by atoms with van der Waals surface area (Å²) in [6.45, 7) is 0.235. The van der Waals surface area contributed by atoms with Crippen LogP contribution in [-0.2, 0) is 12.8 Å². The Hall–Kier alpha value is -1.26. The van der Waals surface area contributed by atoms with Crippen molar-refractivity contribution in [3.05, 3.63) is 34.9 Å². The molecule has 1 aromatic carbocycles. The quantitative estimate of drug-likeness (QED) is 0.573. The van der Waals surface area contributed by atoms with Crippen molar-refractivity contribution in [2.24, 2.45) is 0 Å². The zero-order chi connectivity index (χ0) is 10.5. The Balaban J connectivity index is 2.05. The summed E-state index contributed by atoms with van der Waals surface area (Å²) in [5.74, 6) is 6.23. The van der Waals surface area contributed by atoms with E-state index >= 15 is 0 Å². The molecule has 0 heterocycles. The van der Waals surface area contributed by atoms with E-state index in [0.717, 1.165) is 18.4 Å². The van der Waals surface area contributed by atoms with E-state index in [-0.39, 0.29) is 6.61 Å². The van der Waals surface area contributed by atoms with Crippen LogP contribution in [0.2, 0.25) is 0 Å². The molecule has 1 nitrogen and oxygen atoms in total. The second-order valence-electron chi connectivity index (χ2n) is 3.97. The Morgan fingerprint density at radius 1 is 1.20 bits per heavy atom. The van der Waals surface area contributed by atoms with Gasteiger partial charge < -0.3 is 5.11 Å². The van der Waals surface area contributed by atoms with Gasteiger partial charge in [0.2, 0.25) is 0 Å². The maximum absolute atomic E-state index is 8.62. The van der Waals surface area contributed by atoms with Gasteiger partial charge in [-0.2, -0.15) is 0 Å². The van der Waals surface area contributed by atoms with E-state index in [4.69, 9.17) is 5.11 Å². The maximum atomic E-state index is 8.62. The molecule has 0 aliphatic heterocycles. The average molecular weight is 200 g/mol. The zero-order valence-corrected chi connectivity index (χ0v) is 8.92. The van der Waals surface area contributed by atoms with Crippen molar-refractivity contribution in [3.63, 3.8) is 0 Å². The first-order valence-electron chi connectivity index (χ1n) is 5.61. The van der Waals surface area contributed by atoms with E-state index in [1.54, 1.807) is 0 Å². The number of benzene rings is 1. The Morgan fingerprint density at radius 3 is 2.93 bits per heavy atom. The molecule has 0 unspecified atom stereocenters. The molecular formula is C14H16O. The lowest BCUT2D eigenvalue weighted by molar-refractivity contribution is 0.290. The fraction of sp³-hybridized carbons (Fsp3) is 0.429. The SMILES string of the molecule is OCCCC#Cc1ccc2c(c1)CCC2. The van der Waals surface area contributed by atoms with Gasteiger partial charge in [-0.1, -0.05) is 17.9 Å². The van der Waals surface area contributed by atoms with Gasteiger partial charge in [0.05, 0.1) is 0 Å². The lowest BCUT2D eigenvalue weighted by Crippen LogP contribution is -1.84. The second kappa shape index (κ2) is 5.00. The summed E-state index contributed by atoms with van der Waals surface area (Å²) in [6, 6.07) is 6.53. The lowest BCUT2D eigenvalue weighted by Gasteiger charge is -1.98. The molecule has 0 bridgehead atoms. The number of hydrogen-bond donors (Lipinski definition) is 1. The second-order valence-corrected chi connectivity index (χ2v) is 3.97. The minimum atomic E-state index is 0.235. The summed E-state index contributed by atoms with van der Waals surface area (Å²) < 4.78 is 0. The average Bonchev–Trinajstić information content (AvgIpc) is 2.71. The third-order valence-corrected chi connectivity index (χ3v) is 2.79. The molecule has 0 saturated carbocycles. The fourth-order valence-electron chi connectivity index (χ4n) is 1.98. The van der Waals surface area contributed by atoms with Crippen LogP contribution in [0.15, 0.2) is 18.2 Å². The molecule has 1 aliphatic rings. The molecule has 15 heavy (non-hydrogen) atoms. The van der Waals surface area contributed by atoms with Crippen LogP contribution in [-0.4, -0.2) is 11.7 Å². The summed E-state index contributed by atoms with van der Waals surface area (Å²) in [6.07, 6.45) is 5.29. The maximum Gasteiger partial charge on any atom is 0.0440 e. The van der Waals surface area contributed by atoms with E-state index in [1.165, 1.54) is 30.4 Å². The fourth-order valence-corrected chi connectivity index (χ4v) is 1.98. The summed E-state index contributed by atoms with van der Waals surface area (Å²) in [5, 5.41) is 8.62. The van der Waals surface area contributed by atoms with E-state index in [0.29, 0.717) is 0 Å². The third-order valence-electron chi connectivity index (χ3n) is 2.79. The molecule has 0 fully saturated rings. The van der Waals surface area contributed by atoms with E-state index in [1.807, 2.05) is 0 Å².